The van der Waals surface area contributed by atoms with Crippen LogP contribution in [-0.2, 0) is 14.4 Å². The van der Waals surface area contributed by atoms with Crippen molar-refractivity contribution in [2.45, 2.75) is 65.0 Å². The van der Waals surface area contributed by atoms with Crippen molar-refractivity contribution in [2.24, 2.45) is 11.7 Å². The fourth-order valence-corrected chi connectivity index (χ4v) is 3.65. The number of aryl methyl sites for hydroxylation is 1. The molecule has 1 heterocycles. The highest BCUT2D eigenvalue weighted by atomic mass is 16.2. The molecule has 1 aromatic carbocycles. The highest BCUT2D eigenvalue weighted by Crippen LogP contribution is 2.38. The molecule has 0 radical (unpaired) electrons. The lowest BCUT2D eigenvalue weighted by molar-refractivity contribution is -0.129. The van der Waals surface area contributed by atoms with E-state index in [1.807, 2.05) is 13.8 Å². The van der Waals surface area contributed by atoms with Gasteiger partial charge in [-0.1, -0.05) is 32.4 Å². The molecule has 1 aromatic rings. The van der Waals surface area contributed by atoms with E-state index in [1.54, 1.807) is 0 Å². The maximum absolute atomic E-state index is 12.2. The molecular weight excluding hydrogens is 356 g/mol. The first kappa shape index (κ1) is 21.7. The van der Waals surface area contributed by atoms with Crippen molar-refractivity contribution in [2.75, 3.05) is 11.9 Å². The van der Waals surface area contributed by atoms with Crippen LogP contribution in [0.5, 0.6) is 0 Å². The number of anilines is 1. The van der Waals surface area contributed by atoms with Gasteiger partial charge in [-0.05, 0) is 43.4 Å². The first-order chi connectivity index (χ1) is 13.2. The summed E-state index contributed by atoms with van der Waals surface area (Å²) in [5.41, 5.74) is 8.93. The molecule has 0 saturated carbocycles. The van der Waals surface area contributed by atoms with Crippen LogP contribution in [-0.4, -0.2) is 36.3 Å². The van der Waals surface area contributed by atoms with Gasteiger partial charge in [0.25, 0.3) is 0 Å². The van der Waals surface area contributed by atoms with Crippen molar-refractivity contribution in [3.8, 4) is 0 Å². The molecule has 0 spiro atoms. The lowest BCUT2D eigenvalue weighted by atomic mass is 9.91. The summed E-state index contributed by atoms with van der Waals surface area (Å²) in [6, 6.07) is 5.88. The molecule has 5 N–H and O–H groups in total. The number of fused-ring (bicyclic) bond motifs is 1. The van der Waals surface area contributed by atoms with Gasteiger partial charge in [-0.25, -0.2) is 0 Å². The Hall–Kier alpha value is -2.57. The third-order valence-electron chi connectivity index (χ3n) is 5.56. The monoisotopic (exact) mass is 388 g/mol. The Morgan fingerprint density at radius 2 is 1.96 bits per heavy atom. The average Bonchev–Trinajstić information content (AvgIpc) is 2.95. The van der Waals surface area contributed by atoms with Crippen LogP contribution in [0, 0.1) is 12.8 Å². The highest BCUT2D eigenvalue weighted by Gasteiger charge is 2.29. The molecule has 154 valence electrons. The van der Waals surface area contributed by atoms with E-state index in [2.05, 4.69) is 48.0 Å². The Morgan fingerprint density at radius 1 is 1.25 bits per heavy atom. The number of carbonyl (C=O) groups is 3. The minimum Gasteiger partial charge on any atom is -0.382 e. The van der Waals surface area contributed by atoms with Gasteiger partial charge in [0.2, 0.25) is 17.7 Å². The van der Waals surface area contributed by atoms with Crippen LogP contribution in [0.2, 0.25) is 0 Å². The van der Waals surface area contributed by atoms with Crippen LogP contribution in [0.1, 0.15) is 57.1 Å². The van der Waals surface area contributed by atoms with Crippen molar-refractivity contribution in [1.29, 1.82) is 0 Å². The van der Waals surface area contributed by atoms with Gasteiger partial charge in [0.1, 0.15) is 6.04 Å². The molecule has 1 aliphatic rings. The second-order valence-electron chi connectivity index (χ2n) is 7.78. The first-order valence-electron chi connectivity index (χ1n) is 9.95. The Kier molecular flexibility index (Phi) is 7.43. The van der Waals surface area contributed by atoms with E-state index < -0.39 is 17.9 Å². The Bertz CT molecular complexity index is 734. The van der Waals surface area contributed by atoms with Gasteiger partial charge in [-0.2, -0.15) is 0 Å². The van der Waals surface area contributed by atoms with Gasteiger partial charge >= 0.3 is 0 Å². The van der Waals surface area contributed by atoms with E-state index in [4.69, 9.17) is 5.73 Å². The van der Waals surface area contributed by atoms with Crippen molar-refractivity contribution >= 4 is 23.4 Å². The van der Waals surface area contributed by atoms with Crippen molar-refractivity contribution in [1.82, 2.24) is 10.6 Å². The number of carbonyl (C=O) groups excluding carboxylic acids is 3. The van der Waals surface area contributed by atoms with Gasteiger partial charge in [0, 0.05) is 24.1 Å². The number of rotatable bonds is 9. The summed E-state index contributed by atoms with van der Waals surface area (Å²) in [5.74, 6) is -0.945. The van der Waals surface area contributed by atoms with Crippen LogP contribution in [0.3, 0.4) is 0 Å². The molecule has 0 saturated heterocycles. The largest absolute Gasteiger partial charge is 0.382 e. The lowest BCUT2D eigenvalue weighted by Crippen LogP contribution is -2.50. The molecule has 1 aliphatic heterocycles. The SMILES string of the molecule is CC[C@H](C)[C@H](NC(=O)CNC(=O)CCC1c2ccc(C)cc2NC1C)C(N)=O. The van der Waals surface area contributed by atoms with Gasteiger partial charge in [0.05, 0.1) is 6.54 Å². The summed E-state index contributed by atoms with van der Waals surface area (Å²) in [5, 5.41) is 8.71. The Morgan fingerprint density at radius 3 is 2.61 bits per heavy atom. The molecule has 7 nitrogen and oxygen atoms in total. The Labute approximate surface area is 166 Å². The predicted molar refractivity (Wildman–Crippen MR) is 110 cm³/mol. The number of primary amides is 1. The third-order valence-corrected chi connectivity index (χ3v) is 5.56. The second-order valence-corrected chi connectivity index (χ2v) is 7.78. The topological polar surface area (TPSA) is 113 Å². The number of nitrogens with two attached hydrogens (primary N) is 1. The third kappa shape index (κ3) is 5.47. The standard InChI is InChI=1S/C21H32N4O3/c1-5-13(3)20(21(22)28)25-19(27)11-23-18(26)9-8-15-14(4)24-17-10-12(2)6-7-16(15)17/h6-7,10,13-15,20,24H,5,8-9,11H2,1-4H3,(H2,22,28)(H,23,26)(H,25,27)/t13-,14?,15?,20-/m0/s1. The lowest BCUT2D eigenvalue weighted by Gasteiger charge is -2.21. The van der Waals surface area contributed by atoms with E-state index >= 15 is 0 Å². The van der Waals surface area contributed by atoms with E-state index in [9.17, 15) is 14.4 Å². The Balaban J connectivity index is 1.80. The van der Waals surface area contributed by atoms with Crippen LogP contribution >= 0.6 is 0 Å². The average molecular weight is 389 g/mol. The molecule has 2 unspecified atom stereocenters. The normalized spacial score (nSPS) is 19.9. The zero-order chi connectivity index (χ0) is 20.8. The van der Waals surface area contributed by atoms with Crippen LogP contribution in [0.25, 0.3) is 0 Å². The molecule has 4 atom stereocenters. The maximum atomic E-state index is 12.2. The van der Waals surface area contributed by atoms with E-state index in [-0.39, 0.29) is 30.3 Å². The first-order valence-corrected chi connectivity index (χ1v) is 9.95. The highest BCUT2D eigenvalue weighted by molar-refractivity contribution is 5.89. The zero-order valence-electron chi connectivity index (χ0n) is 17.2. The maximum Gasteiger partial charge on any atom is 0.240 e. The number of hydrogen-bond acceptors (Lipinski definition) is 4. The molecular formula is C21H32N4O3. The number of hydrogen-bond donors (Lipinski definition) is 4. The summed E-state index contributed by atoms with van der Waals surface area (Å²) in [6.45, 7) is 7.79. The quantitative estimate of drug-likeness (QED) is 0.516. The van der Waals surface area contributed by atoms with Crippen molar-refractivity contribution in [3.63, 3.8) is 0 Å². The van der Waals surface area contributed by atoms with Gasteiger partial charge < -0.3 is 21.7 Å². The fourth-order valence-electron chi connectivity index (χ4n) is 3.65. The molecule has 0 bridgehead atoms. The summed E-state index contributed by atoms with van der Waals surface area (Å²) < 4.78 is 0. The molecule has 0 aliphatic carbocycles. The molecule has 0 fully saturated rings. The van der Waals surface area contributed by atoms with Gasteiger partial charge in [-0.3, -0.25) is 14.4 Å². The predicted octanol–water partition coefficient (Wildman–Crippen LogP) is 1.81. The summed E-state index contributed by atoms with van der Waals surface area (Å²) >= 11 is 0. The van der Waals surface area contributed by atoms with Crippen LogP contribution < -0.4 is 21.7 Å². The number of nitrogens with one attached hydrogen (secondary N) is 3. The van der Waals surface area contributed by atoms with Gasteiger partial charge in [-0.15, -0.1) is 0 Å². The summed E-state index contributed by atoms with van der Waals surface area (Å²) in [7, 11) is 0. The van der Waals surface area contributed by atoms with Crippen molar-refractivity contribution < 1.29 is 14.4 Å². The minimum atomic E-state index is -0.722. The van der Waals surface area contributed by atoms with E-state index in [0.29, 0.717) is 12.8 Å². The smallest absolute Gasteiger partial charge is 0.240 e. The molecule has 0 aromatic heterocycles. The molecule has 2 rings (SSSR count). The van der Waals surface area contributed by atoms with Crippen LogP contribution in [0.4, 0.5) is 5.69 Å². The number of amides is 3. The molecule has 28 heavy (non-hydrogen) atoms. The van der Waals surface area contributed by atoms with Crippen molar-refractivity contribution in [3.05, 3.63) is 29.3 Å². The second kappa shape index (κ2) is 9.57. The summed E-state index contributed by atoms with van der Waals surface area (Å²) in [6.07, 6.45) is 1.76. The number of benzene rings is 1. The fraction of sp³-hybridized carbons (Fsp3) is 0.571. The van der Waals surface area contributed by atoms with Gasteiger partial charge in [0.15, 0.2) is 0 Å². The van der Waals surface area contributed by atoms with Crippen LogP contribution in [0.15, 0.2) is 18.2 Å². The molecule has 3 amide bonds. The van der Waals surface area contributed by atoms with E-state index in [0.717, 1.165) is 12.1 Å². The molecule has 7 heteroatoms. The minimum absolute atomic E-state index is 0.0581. The zero-order valence-corrected chi connectivity index (χ0v) is 17.2. The van der Waals surface area contributed by atoms with E-state index in [1.165, 1.54) is 11.1 Å². The summed E-state index contributed by atoms with van der Waals surface area (Å²) in [4.78, 5) is 35.7.